The maximum atomic E-state index is 13.7. The highest BCUT2D eigenvalue weighted by Gasteiger charge is 2.25. The van der Waals surface area contributed by atoms with Gasteiger partial charge in [0.15, 0.2) is 0 Å². The van der Waals surface area contributed by atoms with Gasteiger partial charge in [-0.05, 0) is 67.4 Å². The second-order valence-corrected chi connectivity index (χ2v) is 8.63. The average Bonchev–Trinajstić information content (AvgIpc) is 3.16. The van der Waals surface area contributed by atoms with Crippen LogP contribution in [0.3, 0.4) is 0 Å². The fourth-order valence-corrected chi connectivity index (χ4v) is 4.10. The van der Waals surface area contributed by atoms with E-state index in [2.05, 4.69) is 15.3 Å². The molecule has 9 heteroatoms. The number of likely N-dealkylation sites (tertiary alicyclic amines) is 1. The van der Waals surface area contributed by atoms with E-state index in [1.165, 1.54) is 6.07 Å². The second-order valence-electron chi connectivity index (χ2n) is 7.85. The zero-order chi connectivity index (χ0) is 22.5. The number of hydrogen-bond acceptors (Lipinski definition) is 5. The van der Waals surface area contributed by atoms with Crippen molar-refractivity contribution in [3.63, 3.8) is 0 Å². The minimum atomic E-state index is -0.235. The number of piperidine rings is 1. The van der Waals surface area contributed by atoms with Crippen molar-refractivity contribution in [2.24, 2.45) is 5.92 Å². The average molecular weight is 475 g/mol. The van der Waals surface area contributed by atoms with Crippen LogP contribution in [-0.2, 0) is 17.9 Å². The fourth-order valence-electron chi connectivity index (χ4n) is 3.80. The van der Waals surface area contributed by atoms with Crippen LogP contribution in [0.4, 0.5) is 4.39 Å². The highest BCUT2D eigenvalue weighted by atomic mass is 35.5. The summed E-state index contributed by atoms with van der Waals surface area (Å²) in [6.07, 6.45) is 1.99. The standard InChI is InChI=1S/C23H24ClFN4O2S/c24-19-7-5-18(6-8-19)22-27-29(23(32)31-22)15-28-13-10-17(11-14-28)21(30)26-12-9-16-3-1-2-4-20(16)25/h1-8,17H,9-15H2,(H,26,30). The molecule has 3 aromatic rings. The molecular weight excluding hydrogens is 451 g/mol. The Morgan fingerprint density at radius 1 is 1.19 bits per heavy atom. The smallest absolute Gasteiger partial charge is 0.288 e. The van der Waals surface area contributed by atoms with Crippen molar-refractivity contribution in [2.45, 2.75) is 25.9 Å². The van der Waals surface area contributed by atoms with Gasteiger partial charge in [-0.3, -0.25) is 9.69 Å². The van der Waals surface area contributed by atoms with Crippen LogP contribution in [0, 0.1) is 16.6 Å². The molecule has 0 spiro atoms. The molecule has 0 saturated carbocycles. The molecule has 0 unspecified atom stereocenters. The van der Waals surface area contributed by atoms with Gasteiger partial charge in [0.05, 0.1) is 6.67 Å². The lowest BCUT2D eigenvalue weighted by molar-refractivity contribution is -0.126. The van der Waals surface area contributed by atoms with E-state index in [1.54, 1.807) is 35.0 Å². The Balaban J connectivity index is 1.25. The predicted molar refractivity (Wildman–Crippen MR) is 123 cm³/mol. The van der Waals surface area contributed by atoms with Crippen LogP contribution in [0.2, 0.25) is 5.02 Å². The maximum absolute atomic E-state index is 13.7. The summed E-state index contributed by atoms with van der Waals surface area (Å²) < 4.78 is 21.0. The molecule has 2 aromatic carbocycles. The van der Waals surface area contributed by atoms with Crippen molar-refractivity contribution in [2.75, 3.05) is 19.6 Å². The lowest BCUT2D eigenvalue weighted by atomic mass is 9.96. The molecule has 1 N–H and O–H groups in total. The van der Waals surface area contributed by atoms with Crippen molar-refractivity contribution in [3.05, 3.63) is 69.8 Å². The number of hydrogen-bond donors (Lipinski definition) is 1. The molecule has 1 aliphatic heterocycles. The van der Waals surface area contributed by atoms with Crippen molar-refractivity contribution >= 4 is 29.7 Å². The number of aromatic nitrogens is 2. The Kier molecular flexibility index (Phi) is 7.34. The molecule has 2 heterocycles. The maximum Gasteiger partial charge on any atom is 0.288 e. The summed E-state index contributed by atoms with van der Waals surface area (Å²) >= 11 is 11.3. The van der Waals surface area contributed by atoms with Gasteiger partial charge in [0, 0.05) is 36.1 Å². The first-order valence-electron chi connectivity index (χ1n) is 10.6. The molecular formula is C23H24ClFN4O2S. The van der Waals surface area contributed by atoms with Crippen LogP contribution < -0.4 is 5.32 Å². The van der Waals surface area contributed by atoms with Gasteiger partial charge in [0.25, 0.3) is 4.84 Å². The second kappa shape index (κ2) is 10.4. The van der Waals surface area contributed by atoms with Gasteiger partial charge in [-0.25, -0.2) is 9.07 Å². The van der Waals surface area contributed by atoms with Gasteiger partial charge in [0.2, 0.25) is 11.8 Å². The number of nitrogens with one attached hydrogen (secondary N) is 1. The fraction of sp³-hybridized carbons (Fsp3) is 0.348. The topological polar surface area (TPSA) is 63.3 Å². The van der Waals surface area contributed by atoms with E-state index < -0.39 is 0 Å². The van der Waals surface area contributed by atoms with Crippen molar-refractivity contribution < 1.29 is 13.6 Å². The Bertz CT molecular complexity index is 1120. The van der Waals surface area contributed by atoms with Gasteiger partial charge in [-0.1, -0.05) is 29.8 Å². The van der Waals surface area contributed by atoms with Crippen LogP contribution in [0.1, 0.15) is 18.4 Å². The third-order valence-electron chi connectivity index (χ3n) is 5.64. The summed E-state index contributed by atoms with van der Waals surface area (Å²) in [7, 11) is 0. The third kappa shape index (κ3) is 5.62. The molecule has 1 saturated heterocycles. The summed E-state index contributed by atoms with van der Waals surface area (Å²) in [5, 5.41) is 8.07. The van der Waals surface area contributed by atoms with Gasteiger partial charge in [-0.15, -0.1) is 5.10 Å². The summed E-state index contributed by atoms with van der Waals surface area (Å²) in [5.74, 6) is 0.211. The van der Waals surface area contributed by atoms with Crippen LogP contribution in [0.25, 0.3) is 11.5 Å². The number of benzene rings is 2. The van der Waals surface area contributed by atoms with Crippen LogP contribution >= 0.6 is 23.8 Å². The molecule has 0 aliphatic carbocycles. The molecule has 0 bridgehead atoms. The first kappa shape index (κ1) is 22.6. The SMILES string of the molecule is O=C(NCCc1ccccc1F)C1CCN(Cn2nc(-c3ccc(Cl)cc3)oc2=S)CC1. The monoisotopic (exact) mass is 474 g/mol. The molecule has 168 valence electrons. The Morgan fingerprint density at radius 2 is 1.91 bits per heavy atom. The van der Waals surface area contributed by atoms with Crippen molar-refractivity contribution in [3.8, 4) is 11.5 Å². The number of nitrogens with zero attached hydrogens (tertiary/aromatic N) is 3. The molecule has 32 heavy (non-hydrogen) atoms. The molecule has 1 amide bonds. The van der Waals surface area contributed by atoms with Gasteiger partial charge < -0.3 is 9.73 Å². The predicted octanol–water partition coefficient (Wildman–Crippen LogP) is 4.69. The molecule has 1 fully saturated rings. The number of carbonyl (C=O) groups is 1. The number of amides is 1. The van der Waals surface area contributed by atoms with Gasteiger partial charge in [0.1, 0.15) is 5.82 Å². The summed E-state index contributed by atoms with van der Waals surface area (Å²) in [6, 6.07) is 13.9. The summed E-state index contributed by atoms with van der Waals surface area (Å²) in [6.45, 7) is 2.46. The zero-order valence-electron chi connectivity index (χ0n) is 17.5. The molecule has 1 aliphatic rings. The van der Waals surface area contributed by atoms with Gasteiger partial charge in [-0.2, -0.15) is 0 Å². The first-order chi connectivity index (χ1) is 15.5. The van der Waals surface area contributed by atoms with Crippen LogP contribution in [0.5, 0.6) is 0 Å². The van der Waals surface area contributed by atoms with E-state index in [9.17, 15) is 9.18 Å². The molecule has 0 radical (unpaired) electrons. The Hall–Kier alpha value is -2.55. The van der Waals surface area contributed by atoms with Crippen LogP contribution in [0.15, 0.2) is 52.9 Å². The van der Waals surface area contributed by atoms with E-state index in [0.29, 0.717) is 40.9 Å². The minimum absolute atomic E-state index is 0.0315. The van der Waals surface area contributed by atoms with Crippen molar-refractivity contribution in [1.82, 2.24) is 20.0 Å². The summed E-state index contributed by atoms with van der Waals surface area (Å²) in [5.41, 5.74) is 1.43. The van der Waals surface area contributed by atoms with E-state index in [-0.39, 0.29) is 17.6 Å². The lowest BCUT2D eigenvalue weighted by Gasteiger charge is -2.30. The van der Waals surface area contributed by atoms with E-state index in [4.69, 9.17) is 28.2 Å². The lowest BCUT2D eigenvalue weighted by Crippen LogP contribution is -2.41. The van der Waals surface area contributed by atoms with Gasteiger partial charge >= 0.3 is 0 Å². The van der Waals surface area contributed by atoms with Crippen LogP contribution in [-0.4, -0.2) is 40.2 Å². The highest BCUT2D eigenvalue weighted by Crippen LogP contribution is 2.22. The highest BCUT2D eigenvalue weighted by molar-refractivity contribution is 7.71. The first-order valence-corrected chi connectivity index (χ1v) is 11.4. The number of carbonyl (C=O) groups excluding carboxylic acids is 1. The Morgan fingerprint density at radius 3 is 2.62 bits per heavy atom. The zero-order valence-corrected chi connectivity index (χ0v) is 19.0. The van der Waals surface area contributed by atoms with E-state index in [1.807, 2.05) is 12.1 Å². The molecule has 6 nitrogen and oxygen atoms in total. The third-order valence-corrected chi connectivity index (χ3v) is 6.19. The largest absolute Gasteiger partial charge is 0.409 e. The quantitative estimate of drug-likeness (QED) is 0.503. The number of halogens is 2. The normalized spacial score (nSPS) is 15.1. The minimum Gasteiger partial charge on any atom is -0.409 e. The molecule has 0 atom stereocenters. The van der Waals surface area contributed by atoms with E-state index in [0.717, 1.165) is 31.5 Å². The summed E-state index contributed by atoms with van der Waals surface area (Å²) in [4.78, 5) is 15.0. The Labute approximate surface area is 196 Å². The molecule has 1 aromatic heterocycles. The number of rotatable bonds is 7. The molecule has 4 rings (SSSR count). The van der Waals surface area contributed by atoms with E-state index >= 15 is 0 Å². The van der Waals surface area contributed by atoms with Crippen molar-refractivity contribution in [1.29, 1.82) is 0 Å².